The third-order valence-electron chi connectivity index (χ3n) is 3.42. The Balaban J connectivity index is 1.84. The van der Waals surface area contributed by atoms with Gasteiger partial charge in [0, 0.05) is 5.56 Å². The predicted molar refractivity (Wildman–Crippen MR) is 89.0 cm³/mol. The summed E-state index contributed by atoms with van der Waals surface area (Å²) < 4.78 is 40.5. The second-order valence-electron chi connectivity index (χ2n) is 5.11. The molecule has 2 aromatic carbocycles. The fourth-order valence-electron chi connectivity index (χ4n) is 2.23. The first-order valence-electron chi connectivity index (χ1n) is 7.12. The molecule has 0 radical (unpaired) electrons. The Morgan fingerprint density at radius 1 is 1.00 bits per heavy atom. The number of carbonyl (C=O) groups is 1. The minimum absolute atomic E-state index is 0.226. The molecule has 3 aromatic rings. The van der Waals surface area contributed by atoms with Gasteiger partial charge in [-0.2, -0.15) is 0 Å². The van der Waals surface area contributed by atoms with E-state index in [1.54, 1.807) is 0 Å². The van der Waals surface area contributed by atoms with E-state index in [9.17, 15) is 18.0 Å². The Labute approximate surface area is 146 Å². The summed E-state index contributed by atoms with van der Waals surface area (Å²) in [6, 6.07) is 10.00. The Morgan fingerprint density at radius 2 is 1.72 bits per heavy atom. The van der Waals surface area contributed by atoms with Crippen LogP contribution >= 0.6 is 11.6 Å². The summed E-state index contributed by atoms with van der Waals surface area (Å²) in [7, 11) is 0. The van der Waals surface area contributed by atoms with Gasteiger partial charge in [-0.3, -0.25) is 9.78 Å². The second kappa shape index (κ2) is 6.94. The van der Waals surface area contributed by atoms with Crippen LogP contribution in [0.3, 0.4) is 0 Å². The lowest BCUT2D eigenvalue weighted by Crippen LogP contribution is -2.15. The van der Waals surface area contributed by atoms with Gasteiger partial charge in [0.2, 0.25) is 0 Å². The van der Waals surface area contributed by atoms with Crippen molar-refractivity contribution in [2.75, 3.05) is 5.32 Å². The van der Waals surface area contributed by atoms with Crippen LogP contribution in [-0.4, -0.2) is 10.9 Å². The van der Waals surface area contributed by atoms with Crippen LogP contribution in [0.2, 0.25) is 5.02 Å². The van der Waals surface area contributed by atoms with Crippen molar-refractivity contribution in [3.8, 4) is 11.3 Å². The van der Waals surface area contributed by atoms with E-state index in [0.717, 1.165) is 12.1 Å². The Kier molecular flexibility index (Phi) is 4.72. The van der Waals surface area contributed by atoms with Gasteiger partial charge in [0.25, 0.3) is 5.91 Å². The zero-order valence-electron chi connectivity index (χ0n) is 12.6. The molecule has 0 aliphatic heterocycles. The number of carbonyl (C=O) groups excluding carboxylic acids is 1. The summed E-state index contributed by atoms with van der Waals surface area (Å²) in [5.74, 6) is -3.33. The number of aromatic nitrogens is 1. The smallest absolute Gasteiger partial charge is 0.261 e. The van der Waals surface area contributed by atoms with E-state index in [1.807, 2.05) is 0 Å². The van der Waals surface area contributed by atoms with Gasteiger partial charge in [0.15, 0.2) is 0 Å². The monoisotopic (exact) mass is 362 g/mol. The molecule has 0 bridgehead atoms. The predicted octanol–water partition coefficient (Wildman–Crippen LogP) is 5.07. The highest BCUT2D eigenvalue weighted by molar-refractivity contribution is 6.33. The molecule has 0 atom stereocenters. The molecule has 0 aliphatic carbocycles. The number of anilines is 1. The molecule has 0 fully saturated rings. The average Bonchev–Trinajstić information content (AvgIpc) is 2.58. The molecule has 126 valence electrons. The van der Waals surface area contributed by atoms with E-state index in [4.69, 9.17) is 11.6 Å². The first-order valence-corrected chi connectivity index (χ1v) is 7.50. The van der Waals surface area contributed by atoms with Crippen molar-refractivity contribution in [1.82, 2.24) is 4.98 Å². The highest BCUT2D eigenvalue weighted by Gasteiger charge is 2.17. The molecule has 0 saturated heterocycles. The highest BCUT2D eigenvalue weighted by atomic mass is 35.5. The SMILES string of the molecule is O=C(Nc1ccc(-c2cc(F)ccc2Cl)nc1)c1c(F)cccc1F. The molecule has 0 spiro atoms. The van der Waals surface area contributed by atoms with E-state index in [0.29, 0.717) is 16.3 Å². The minimum Gasteiger partial charge on any atom is -0.320 e. The maximum Gasteiger partial charge on any atom is 0.261 e. The van der Waals surface area contributed by atoms with E-state index in [1.165, 1.54) is 42.6 Å². The van der Waals surface area contributed by atoms with Crippen LogP contribution in [0, 0.1) is 17.5 Å². The Bertz CT molecular complexity index is 925. The van der Waals surface area contributed by atoms with Gasteiger partial charge in [0.1, 0.15) is 23.0 Å². The van der Waals surface area contributed by atoms with Crippen molar-refractivity contribution < 1.29 is 18.0 Å². The van der Waals surface area contributed by atoms with Crippen molar-refractivity contribution in [3.63, 3.8) is 0 Å². The van der Waals surface area contributed by atoms with Crippen LogP contribution < -0.4 is 5.32 Å². The molecule has 1 aromatic heterocycles. The van der Waals surface area contributed by atoms with Crippen molar-refractivity contribution in [1.29, 1.82) is 0 Å². The summed E-state index contributed by atoms with van der Waals surface area (Å²) in [4.78, 5) is 16.1. The van der Waals surface area contributed by atoms with Gasteiger partial charge in [-0.25, -0.2) is 13.2 Å². The fourth-order valence-corrected chi connectivity index (χ4v) is 2.44. The van der Waals surface area contributed by atoms with E-state index >= 15 is 0 Å². The number of pyridine rings is 1. The first kappa shape index (κ1) is 17.0. The summed E-state index contributed by atoms with van der Waals surface area (Å²) in [6.07, 6.45) is 1.28. The van der Waals surface area contributed by atoms with Crippen LogP contribution in [0.25, 0.3) is 11.3 Å². The Morgan fingerprint density at radius 3 is 2.36 bits per heavy atom. The maximum atomic E-state index is 13.6. The number of halogens is 4. The molecule has 3 nitrogen and oxygen atoms in total. The molecular formula is C18H10ClF3N2O. The number of nitrogens with one attached hydrogen (secondary N) is 1. The summed E-state index contributed by atoms with van der Waals surface area (Å²) in [6.45, 7) is 0. The molecule has 25 heavy (non-hydrogen) atoms. The van der Waals surface area contributed by atoms with Crippen molar-refractivity contribution in [2.45, 2.75) is 0 Å². The number of benzene rings is 2. The number of hydrogen-bond donors (Lipinski definition) is 1. The van der Waals surface area contributed by atoms with Gasteiger partial charge in [-0.1, -0.05) is 17.7 Å². The number of hydrogen-bond acceptors (Lipinski definition) is 2. The lowest BCUT2D eigenvalue weighted by Gasteiger charge is -2.08. The van der Waals surface area contributed by atoms with Crippen LogP contribution in [0.4, 0.5) is 18.9 Å². The third kappa shape index (κ3) is 3.64. The molecular weight excluding hydrogens is 353 g/mol. The average molecular weight is 363 g/mol. The van der Waals surface area contributed by atoms with Gasteiger partial charge in [-0.15, -0.1) is 0 Å². The number of nitrogens with zero attached hydrogens (tertiary/aromatic N) is 1. The fraction of sp³-hybridized carbons (Fsp3) is 0. The second-order valence-corrected chi connectivity index (χ2v) is 5.51. The van der Waals surface area contributed by atoms with Crippen molar-refractivity contribution >= 4 is 23.2 Å². The standard InChI is InChI=1S/C18H10ClF3N2O/c19-13-6-4-10(20)8-12(13)16-7-5-11(9-23-16)24-18(25)17-14(21)2-1-3-15(17)22/h1-9H,(H,24,25). The number of rotatable bonds is 3. The zero-order valence-corrected chi connectivity index (χ0v) is 13.3. The van der Waals surface area contributed by atoms with Crippen LogP contribution in [-0.2, 0) is 0 Å². The Hall–Kier alpha value is -2.86. The molecule has 0 unspecified atom stereocenters. The normalized spacial score (nSPS) is 10.6. The van der Waals surface area contributed by atoms with E-state index in [2.05, 4.69) is 10.3 Å². The lowest BCUT2D eigenvalue weighted by molar-refractivity contribution is 0.101. The molecule has 0 aliphatic rings. The highest BCUT2D eigenvalue weighted by Crippen LogP contribution is 2.27. The molecule has 3 rings (SSSR count). The lowest BCUT2D eigenvalue weighted by atomic mass is 10.1. The molecule has 1 N–H and O–H groups in total. The van der Waals surface area contributed by atoms with Crippen molar-refractivity contribution in [2.24, 2.45) is 0 Å². The molecule has 1 heterocycles. The maximum absolute atomic E-state index is 13.6. The molecule has 1 amide bonds. The third-order valence-corrected chi connectivity index (χ3v) is 3.75. The molecule has 7 heteroatoms. The van der Waals surface area contributed by atoms with Crippen LogP contribution in [0.15, 0.2) is 54.7 Å². The van der Waals surface area contributed by atoms with Crippen LogP contribution in [0.5, 0.6) is 0 Å². The van der Waals surface area contributed by atoms with Gasteiger partial charge in [0.05, 0.1) is 22.6 Å². The van der Waals surface area contributed by atoms with Gasteiger partial charge < -0.3 is 5.32 Å². The minimum atomic E-state index is -0.964. The van der Waals surface area contributed by atoms with Gasteiger partial charge >= 0.3 is 0 Å². The summed E-state index contributed by atoms with van der Waals surface area (Å²) in [5.41, 5.74) is 0.322. The topological polar surface area (TPSA) is 42.0 Å². The number of amides is 1. The summed E-state index contributed by atoms with van der Waals surface area (Å²) >= 11 is 6.01. The van der Waals surface area contributed by atoms with Crippen LogP contribution in [0.1, 0.15) is 10.4 Å². The zero-order chi connectivity index (χ0) is 18.0. The largest absolute Gasteiger partial charge is 0.320 e. The quantitative estimate of drug-likeness (QED) is 0.706. The summed E-state index contributed by atoms with van der Waals surface area (Å²) in [5, 5.41) is 2.67. The molecule has 0 saturated carbocycles. The van der Waals surface area contributed by atoms with E-state index in [-0.39, 0.29) is 5.69 Å². The van der Waals surface area contributed by atoms with E-state index < -0.39 is 28.9 Å². The van der Waals surface area contributed by atoms with Gasteiger partial charge in [-0.05, 0) is 42.5 Å². The van der Waals surface area contributed by atoms with Crippen molar-refractivity contribution in [3.05, 3.63) is 82.8 Å². The first-order chi connectivity index (χ1) is 12.0.